The number of carbonyl (C=O) groups is 2. The Morgan fingerprint density at radius 1 is 1.20 bits per heavy atom. The Morgan fingerprint density at radius 2 is 1.84 bits per heavy atom. The van der Waals surface area contributed by atoms with E-state index in [9.17, 15) is 9.59 Å². The van der Waals surface area contributed by atoms with E-state index in [-0.39, 0.29) is 30.1 Å². The van der Waals surface area contributed by atoms with E-state index in [1.165, 1.54) is 5.56 Å². The number of rotatable bonds is 5. The molecule has 0 aromatic heterocycles. The van der Waals surface area contributed by atoms with Crippen LogP contribution < -0.4 is 5.32 Å². The van der Waals surface area contributed by atoms with E-state index in [0.717, 1.165) is 25.7 Å². The zero-order valence-corrected chi connectivity index (χ0v) is 15.0. The fourth-order valence-electron chi connectivity index (χ4n) is 4.36. The Hall–Kier alpha value is -2.08. The predicted octanol–water partition coefficient (Wildman–Crippen LogP) is 2.26. The summed E-state index contributed by atoms with van der Waals surface area (Å²) in [5.74, 6) is -0.868. The number of nitrogens with one attached hydrogen (secondary N) is 1. The van der Waals surface area contributed by atoms with Gasteiger partial charge in [-0.2, -0.15) is 0 Å². The van der Waals surface area contributed by atoms with Crippen molar-refractivity contribution in [1.29, 1.82) is 0 Å². The Labute approximate surface area is 148 Å². The molecule has 1 saturated carbocycles. The lowest BCUT2D eigenvalue weighted by Crippen LogP contribution is -2.54. The van der Waals surface area contributed by atoms with Gasteiger partial charge < -0.3 is 15.3 Å². The van der Waals surface area contributed by atoms with Crippen LogP contribution in [0, 0.1) is 0 Å². The number of amides is 2. The van der Waals surface area contributed by atoms with Crippen molar-refractivity contribution in [2.75, 3.05) is 27.2 Å². The van der Waals surface area contributed by atoms with Crippen molar-refractivity contribution in [2.24, 2.45) is 0 Å². The molecule has 0 atom stereocenters. The minimum absolute atomic E-state index is 0.00481. The van der Waals surface area contributed by atoms with E-state index < -0.39 is 5.97 Å². The molecule has 2 aliphatic rings. The number of carbonyl (C=O) groups excluding carboxylic acids is 1. The molecule has 6 heteroatoms. The molecule has 1 heterocycles. The molecule has 1 aromatic rings. The molecule has 25 heavy (non-hydrogen) atoms. The molecule has 1 saturated heterocycles. The monoisotopic (exact) mass is 345 g/mol. The zero-order chi connectivity index (χ0) is 18.1. The van der Waals surface area contributed by atoms with E-state index >= 15 is 0 Å². The summed E-state index contributed by atoms with van der Waals surface area (Å²) in [7, 11) is 4.24. The molecule has 1 aliphatic heterocycles. The SMILES string of the molecule is CN(C)C1(c2ccccc2)CCC2(CC1)CN(CCC(=O)O)C(=O)N2. The average molecular weight is 345 g/mol. The molecular formula is C19H27N3O3. The summed E-state index contributed by atoms with van der Waals surface area (Å²) < 4.78 is 0. The molecule has 2 N–H and O–H groups in total. The third-order valence-corrected chi connectivity index (χ3v) is 5.95. The van der Waals surface area contributed by atoms with Gasteiger partial charge in [0.25, 0.3) is 0 Å². The van der Waals surface area contributed by atoms with Gasteiger partial charge in [0.15, 0.2) is 0 Å². The lowest BCUT2D eigenvalue weighted by molar-refractivity contribution is -0.137. The molecular weight excluding hydrogens is 318 g/mol. The van der Waals surface area contributed by atoms with Gasteiger partial charge in [0.2, 0.25) is 0 Å². The minimum Gasteiger partial charge on any atom is -0.481 e. The number of carboxylic acid groups (broad SMARTS) is 1. The quantitative estimate of drug-likeness (QED) is 0.858. The van der Waals surface area contributed by atoms with E-state index in [0.29, 0.717) is 6.54 Å². The summed E-state index contributed by atoms with van der Waals surface area (Å²) in [5.41, 5.74) is 1.09. The van der Waals surface area contributed by atoms with Crippen LogP contribution in [0.1, 0.15) is 37.7 Å². The molecule has 136 valence electrons. The van der Waals surface area contributed by atoms with Crippen LogP contribution in [0.15, 0.2) is 30.3 Å². The van der Waals surface area contributed by atoms with Crippen LogP contribution in [0.2, 0.25) is 0 Å². The highest BCUT2D eigenvalue weighted by molar-refractivity contribution is 5.78. The highest BCUT2D eigenvalue weighted by atomic mass is 16.4. The second-order valence-electron chi connectivity index (χ2n) is 7.57. The van der Waals surface area contributed by atoms with Gasteiger partial charge in [-0.05, 0) is 45.3 Å². The molecule has 6 nitrogen and oxygen atoms in total. The summed E-state index contributed by atoms with van der Waals surface area (Å²) in [5, 5.41) is 12.0. The average Bonchev–Trinajstić information content (AvgIpc) is 2.90. The number of urea groups is 1. The summed E-state index contributed by atoms with van der Waals surface area (Å²) in [6.45, 7) is 0.887. The van der Waals surface area contributed by atoms with Crippen molar-refractivity contribution in [3.63, 3.8) is 0 Å². The van der Waals surface area contributed by atoms with Gasteiger partial charge in [0.05, 0.1) is 12.0 Å². The molecule has 2 amide bonds. The summed E-state index contributed by atoms with van der Waals surface area (Å²) in [4.78, 5) is 27.0. The molecule has 1 aromatic carbocycles. The van der Waals surface area contributed by atoms with E-state index in [1.54, 1.807) is 4.90 Å². The van der Waals surface area contributed by atoms with E-state index in [1.807, 2.05) is 6.07 Å². The molecule has 3 rings (SSSR count). The molecule has 0 radical (unpaired) electrons. The second-order valence-corrected chi connectivity index (χ2v) is 7.57. The summed E-state index contributed by atoms with van der Waals surface area (Å²) in [6.07, 6.45) is 3.73. The van der Waals surface area contributed by atoms with Crippen molar-refractivity contribution in [3.05, 3.63) is 35.9 Å². The summed E-state index contributed by atoms with van der Waals surface area (Å²) >= 11 is 0. The van der Waals surface area contributed by atoms with Crippen LogP contribution in [0.25, 0.3) is 0 Å². The summed E-state index contributed by atoms with van der Waals surface area (Å²) in [6, 6.07) is 10.4. The first-order valence-electron chi connectivity index (χ1n) is 8.89. The van der Waals surface area contributed by atoms with Crippen molar-refractivity contribution in [3.8, 4) is 0 Å². The number of hydrogen-bond acceptors (Lipinski definition) is 3. The maximum atomic E-state index is 12.2. The largest absolute Gasteiger partial charge is 0.481 e. The van der Waals surface area contributed by atoms with Crippen molar-refractivity contribution in [1.82, 2.24) is 15.1 Å². The lowest BCUT2D eigenvalue weighted by Gasteiger charge is -2.48. The lowest BCUT2D eigenvalue weighted by atomic mass is 9.69. The number of nitrogens with zero attached hydrogens (tertiary/aromatic N) is 2. The minimum atomic E-state index is -0.868. The highest BCUT2D eigenvalue weighted by Crippen LogP contribution is 2.45. The van der Waals surface area contributed by atoms with E-state index in [2.05, 4.69) is 48.6 Å². The van der Waals surface area contributed by atoms with Crippen LogP contribution >= 0.6 is 0 Å². The molecule has 0 unspecified atom stereocenters. The van der Waals surface area contributed by atoms with Crippen LogP contribution in [0.3, 0.4) is 0 Å². The maximum Gasteiger partial charge on any atom is 0.317 e. The second kappa shape index (κ2) is 6.67. The van der Waals surface area contributed by atoms with Crippen LogP contribution in [-0.2, 0) is 10.3 Å². The van der Waals surface area contributed by atoms with Gasteiger partial charge in [-0.1, -0.05) is 30.3 Å². The number of carboxylic acids is 1. The van der Waals surface area contributed by atoms with Gasteiger partial charge in [0.1, 0.15) is 0 Å². The fraction of sp³-hybridized carbons (Fsp3) is 0.579. The van der Waals surface area contributed by atoms with Crippen LogP contribution in [-0.4, -0.2) is 59.6 Å². The van der Waals surface area contributed by atoms with Gasteiger partial charge in [-0.25, -0.2) is 4.79 Å². The van der Waals surface area contributed by atoms with Crippen molar-refractivity contribution < 1.29 is 14.7 Å². The van der Waals surface area contributed by atoms with Gasteiger partial charge >= 0.3 is 12.0 Å². The molecule has 1 aliphatic carbocycles. The third-order valence-electron chi connectivity index (χ3n) is 5.95. The first-order valence-corrected chi connectivity index (χ1v) is 8.89. The normalized spacial score (nSPS) is 29.2. The first kappa shape index (κ1) is 17.7. The fourth-order valence-corrected chi connectivity index (χ4v) is 4.36. The van der Waals surface area contributed by atoms with Crippen molar-refractivity contribution >= 4 is 12.0 Å². The Balaban J connectivity index is 1.72. The Bertz CT molecular complexity index is 637. The topological polar surface area (TPSA) is 72.9 Å². The number of aliphatic carboxylic acids is 1. The first-order chi connectivity index (χ1) is 11.9. The number of hydrogen-bond donors (Lipinski definition) is 2. The van der Waals surface area contributed by atoms with Crippen LogP contribution in [0.4, 0.5) is 4.79 Å². The molecule has 1 spiro atoms. The number of benzene rings is 1. The predicted molar refractivity (Wildman–Crippen MR) is 95.4 cm³/mol. The van der Waals surface area contributed by atoms with Gasteiger partial charge in [-0.3, -0.25) is 9.69 Å². The van der Waals surface area contributed by atoms with Crippen molar-refractivity contribution in [2.45, 2.75) is 43.2 Å². The smallest absolute Gasteiger partial charge is 0.317 e. The third kappa shape index (κ3) is 3.35. The Kier molecular flexibility index (Phi) is 4.73. The molecule has 0 bridgehead atoms. The zero-order valence-electron chi connectivity index (χ0n) is 15.0. The van der Waals surface area contributed by atoms with Gasteiger partial charge in [0, 0.05) is 18.6 Å². The van der Waals surface area contributed by atoms with E-state index in [4.69, 9.17) is 5.11 Å². The van der Waals surface area contributed by atoms with Gasteiger partial charge in [-0.15, -0.1) is 0 Å². The molecule has 2 fully saturated rings. The Morgan fingerprint density at radius 3 is 2.40 bits per heavy atom. The van der Waals surface area contributed by atoms with Crippen LogP contribution in [0.5, 0.6) is 0 Å². The maximum absolute atomic E-state index is 12.2. The standard InChI is InChI=1S/C19H27N3O3/c1-21(2)19(15-6-4-3-5-7-15)11-9-18(10-12-19)14-22(17(25)20-18)13-8-16(23)24/h3-7H,8-14H2,1-2H3,(H,20,25)(H,23,24). The highest BCUT2D eigenvalue weighted by Gasteiger charge is 2.49.